The van der Waals surface area contributed by atoms with Gasteiger partial charge in [-0.15, -0.1) is 0 Å². The van der Waals surface area contributed by atoms with Gasteiger partial charge in [-0.3, -0.25) is 0 Å². The molecular formula is C9H9NO6S2. The number of rotatable bonds is 0. The lowest BCUT2D eigenvalue weighted by Gasteiger charge is -2.19. The maximum Gasteiger partial charge on any atom is 0.343 e. The summed E-state index contributed by atoms with van der Waals surface area (Å²) >= 11 is 0. The molecule has 1 N–H and O–H groups in total. The van der Waals surface area contributed by atoms with Crippen LogP contribution in [0.2, 0.25) is 0 Å². The normalized spacial score (nSPS) is 25.4. The maximum atomic E-state index is 11.9. The Morgan fingerprint density at radius 1 is 1.11 bits per heavy atom. The van der Waals surface area contributed by atoms with Gasteiger partial charge in [-0.1, -0.05) is 12.1 Å². The molecular weight excluding hydrogens is 282 g/mol. The van der Waals surface area contributed by atoms with Crippen LogP contribution in [0.4, 0.5) is 0 Å². The average molecular weight is 291 g/mol. The summed E-state index contributed by atoms with van der Waals surface area (Å²) in [5.74, 6) is -1.17. The van der Waals surface area contributed by atoms with Crippen LogP contribution < -0.4 is 4.72 Å². The van der Waals surface area contributed by atoms with Gasteiger partial charge < -0.3 is 4.18 Å². The lowest BCUT2D eigenvalue weighted by molar-refractivity contribution is -0.135. The molecule has 0 aliphatic carbocycles. The Balaban J connectivity index is 2.79. The molecule has 0 saturated heterocycles. The van der Waals surface area contributed by atoms with Crippen molar-refractivity contribution in [2.45, 2.75) is 22.8 Å². The van der Waals surface area contributed by atoms with Crippen LogP contribution in [0, 0.1) is 0 Å². The van der Waals surface area contributed by atoms with Crippen LogP contribution in [0.1, 0.15) is 6.92 Å². The van der Waals surface area contributed by atoms with Crippen molar-refractivity contribution in [1.82, 2.24) is 4.72 Å². The fraction of sp³-hybridized carbons (Fsp3) is 0.222. The Hall–Kier alpha value is -1.45. The first-order chi connectivity index (χ1) is 8.24. The molecule has 0 saturated carbocycles. The number of fused-ring (bicyclic) bond motifs is 1. The van der Waals surface area contributed by atoms with E-state index in [-0.39, 0.29) is 0 Å². The molecule has 1 aliphatic rings. The highest BCUT2D eigenvalue weighted by Gasteiger charge is 2.36. The van der Waals surface area contributed by atoms with Gasteiger partial charge in [-0.05, 0) is 19.1 Å². The van der Waals surface area contributed by atoms with E-state index >= 15 is 0 Å². The second-order valence-electron chi connectivity index (χ2n) is 3.65. The van der Waals surface area contributed by atoms with Crippen molar-refractivity contribution in [3.8, 4) is 0 Å². The summed E-state index contributed by atoms with van der Waals surface area (Å²) in [6.07, 6.45) is 0. The molecule has 1 aromatic carbocycles. The third kappa shape index (κ3) is 2.11. The summed E-state index contributed by atoms with van der Waals surface area (Å²) in [6, 6.07) is 3.62. The number of hydrogen-bond donors (Lipinski definition) is 1. The Labute approximate surface area is 104 Å². The summed E-state index contributed by atoms with van der Waals surface area (Å²) in [5.41, 5.74) is 0. The molecule has 9 heteroatoms. The van der Waals surface area contributed by atoms with Gasteiger partial charge in [0.05, 0.1) is 0 Å². The van der Waals surface area contributed by atoms with E-state index in [2.05, 4.69) is 4.18 Å². The van der Waals surface area contributed by atoms with Gasteiger partial charge in [0.25, 0.3) is 0 Å². The molecule has 1 atom stereocenters. The van der Waals surface area contributed by atoms with Crippen LogP contribution in [0.3, 0.4) is 0 Å². The Bertz CT molecular complexity index is 706. The molecule has 0 amide bonds. The van der Waals surface area contributed by atoms with E-state index in [1.54, 1.807) is 0 Å². The maximum absolute atomic E-state index is 11.9. The summed E-state index contributed by atoms with van der Waals surface area (Å²) in [5, 5.41) is 0. The van der Waals surface area contributed by atoms with E-state index in [4.69, 9.17) is 0 Å². The van der Waals surface area contributed by atoms with Gasteiger partial charge in [0, 0.05) is 0 Å². The highest BCUT2D eigenvalue weighted by molar-refractivity contribution is 7.91. The van der Waals surface area contributed by atoms with Crippen molar-refractivity contribution in [2.24, 2.45) is 0 Å². The number of benzene rings is 1. The molecule has 1 aromatic rings. The van der Waals surface area contributed by atoms with Crippen LogP contribution in [0.5, 0.6) is 0 Å². The largest absolute Gasteiger partial charge is 0.343 e. The number of carbonyl (C=O) groups excluding carboxylic acids is 1. The van der Waals surface area contributed by atoms with Gasteiger partial charge in [0.2, 0.25) is 10.0 Å². The molecule has 2 rings (SSSR count). The molecule has 98 valence electrons. The molecule has 1 heterocycles. The standard InChI is InChI=1S/C9H9NO6S2/c1-6-9(11)16-18(14,15)8-5-3-2-4-7(8)17(12,13)10-6/h2-6,10H,1H3. The fourth-order valence-corrected chi connectivity index (χ4v) is 4.37. The Kier molecular flexibility index (Phi) is 2.92. The first kappa shape index (κ1) is 13.0. The van der Waals surface area contributed by atoms with Crippen molar-refractivity contribution in [1.29, 1.82) is 0 Å². The van der Waals surface area contributed by atoms with Crippen LogP contribution >= 0.6 is 0 Å². The SMILES string of the molecule is CC1NS(=O)(=O)c2ccccc2S(=O)(=O)OC1=O. The van der Waals surface area contributed by atoms with Crippen molar-refractivity contribution >= 4 is 26.1 Å². The molecule has 0 fully saturated rings. The monoisotopic (exact) mass is 291 g/mol. The highest BCUT2D eigenvalue weighted by atomic mass is 32.2. The number of hydrogen-bond acceptors (Lipinski definition) is 6. The Morgan fingerprint density at radius 3 is 2.28 bits per heavy atom. The summed E-state index contributed by atoms with van der Waals surface area (Å²) in [4.78, 5) is 10.4. The van der Waals surface area contributed by atoms with E-state index < -0.39 is 41.9 Å². The van der Waals surface area contributed by atoms with Crippen molar-refractivity contribution in [3.63, 3.8) is 0 Å². The minimum absolute atomic E-state index is 0.440. The minimum atomic E-state index is -4.42. The summed E-state index contributed by atoms with van der Waals surface area (Å²) in [7, 11) is -8.51. The molecule has 1 unspecified atom stereocenters. The Morgan fingerprint density at radius 2 is 1.67 bits per heavy atom. The van der Waals surface area contributed by atoms with Crippen LogP contribution in [0.25, 0.3) is 0 Å². The molecule has 18 heavy (non-hydrogen) atoms. The van der Waals surface area contributed by atoms with E-state index in [0.29, 0.717) is 0 Å². The lowest BCUT2D eigenvalue weighted by atomic mass is 10.4. The average Bonchev–Trinajstić information content (AvgIpc) is 2.27. The van der Waals surface area contributed by atoms with Crippen LogP contribution in [-0.4, -0.2) is 28.8 Å². The molecule has 1 aliphatic heterocycles. The van der Waals surface area contributed by atoms with Gasteiger partial charge in [0.1, 0.15) is 15.8 Å². The topological polar surface area (TPSA) is 107 Å². The second kappa shape index (κ2) is 4.04. The minimum Gasteiger partial charge on any atom is -0.340 e. The van der Waals surface area contributed by atoms with Crippen molar-refractivity contribution < 1.29 is 25.8 Å². The second-order valence-corrected chi connectivity index (χ2v) is 6.84. The predicted molar refractivity (Wildman–Crippen MR) is 59.5 cm³/mol. The number of nitrogens with one attached hydrogen (secondary N) is 1. The van der Waals surface area contributed by atoms with E-state index in [1.807, 2.05) is 4.72 Å². The van der Waals surface area contributed by atoms with Crippen LogP contribution in [-0.2, 0) is 29.1 Å². The van der Waals surface area contributed by atoms with Gasteiger partial charge in [-0.2, -0.15) is 13.1 Å². The number of carbonyl (C=O) groups is 1. The summed E-state index contributed by atoms with van der Waals surface area (Å²) < 4.78 is 53.7. The molecule has 0 spiro atoms. The van der Waals surface area contributed by atoms with E-state index in [0.717, 1.165) is 12.1 Å². The smallest absolute Gasteiger partial charge is 0.340 e. The van der Waals surface area contributed by atoms with E-state index in [9.17, 15) is 21.6 Å². The zero-order chi connectivity index (χ0) is 13.6. The van der Waals surface area contributed by atoms with Crippen molar-refractivity contribution in [2.75, 3.05) is 0 Å². The molecule has 0 radical (unpaired) electrons. The third-order valence-electron chi connectivity index (χ3n) is 2.29. The van der Waals surface area contributed by atoms with Gasteiger partial charge >= 0.3 is 16.1 Å². The zero-order valence-electron chi connectivity index (χ0n) is 9.15. The van der Waals surface area contributed by atoms with Gasteiger partial charge in [-0.25, -0.2) is 13.2 Å². The van der Waals surface area contributed by atoms with E-state index in [1.165, 1.54) is 19.1 Å². The quantitative estimate of drug-likeness (QED) is 0.652. The van der Waals surface area contributed by atoms with Crippen molar-refractivity contribution in [3.05, 3.63) is 24.3 Å². The zero-order valence-corrected chi connectivity index (χ0v) is 10.8. The van der Waals surface area contributed by atoms with Gasteiger partial charge in [0.15, 0.2) is 0 Å². The molecule has 7 nitrogen and oxygen atoms in total. The lowest BCUT2D eigenvalue weighted by Crippen LogP contribution is -2.42. The predicted octanol–water partition coefficient (Wildman–Crippen LogP) is -0.401. The molecule has 0 aromatic heterocycles. The summed E-state index contributed by atoms with van der Waals surface area (Å²) in [6.45, 7) is 1.20. The van der Waals surface area contributed by atoms with Crippen LogP contribution in [0.15, 0.2) is 34.1 Å². The number of sulfonamides is 1. The highest BCUT2D eigenvalue weighted by Crippen LogP contribution is 2.24. The molecule has 0 bridgehead atoms. The third-order valence-corrected chi connectivity index (χ3v) is 5.29. The fourth-order valence-electron chi connectivity index (χ4n) is 1.45. The first-order valence-corrected chi connectivity index (χ1v) is 7.73. The first-order valence-electron chi connectivity index (χ1n) is 4.84.